The first-order valence-corrected chi connectivity index (χ1v) is 13.3. The lowest BCUT2D eigenvalue weighted by atomic mass is 10.1. The molecule has 0 radical (unpaired) electrons. The summed E-state index contributed by atoms with van der Waals surface area (Å²) in [6.07, 6.45) is 1.85. The third-order valence-corrected chi connectivity index (χ3v) is 7.82. The van der Waals surface area contributed by atoms with Gasteiger partial charge in [0.2, 0.25) is 0 Å². The summed E-state index contributed by atoms with van der Waals surface area (Å²) >= 11 is 0. The zero-order valence-electron chi connectivity index (χ0n) is 21.5. The van der Waals surface area contributed by atoms with E-state index in [1.54, 1.807) is 0 Å². The summed E-state index contributed by atoms with van der Waals surface area (Å²) in [7, 11) is 0. The van der Waals surface area contributed by atoms with Crippen molar-refractivity contribution in [3.05, 3.63) is 139 Å². The maximum Gasteiger partial charge on any atom is 0.101 e. The molecule has 0 unspecified atom stereocenters. The van der Waals surface area contributed by atoms with E-state index in [9.17, 15) is 5.26 Å². The minimum Gasteiger partial charge on any atom is -0.309 e. The first-order valence-electron chi connectivity index (χ1n) is 13.3. The van der Waals surface area contributed by atoms with Gasteiger partial charge in [-0.2, -0.15) is 5.26 Å². The van der Waals surface area contributed by atoms with Crippen molar-refractivity contribution in [2.24, 2.45) is 0 Å². The maximum absolute atomic E-state index is 10.3. The molecule has 0 aliphatic heterocycles. The van der Waals surface area contributed by atoms with Gasteiger partial charge in [-0.25, -0.2) is 0 Å². The van der Waals surface area contributed by atoms with E-state index in [1.807, 2.05) is 36.5 Å². The monoisotopic (exact) mass is 510 g/mol. The quantitative estimate of drug-likeness (QED) is 0.238. The SMILES string of the molecule is N#Cc1cc(-c2cc(-n3c4ccccc4c4ccccc43)ccn2)ccc1-n1c2ccccc2c2ccccc21. The highest BCUT2D eigenvalue weighted by atomic mass is 15.0. The van der Waals surface area contributed by atoms with E-state index in [0.29, 0.717) is 5.56 Å². The van der Waals surface area contributed by atoms with Crippen molar-refractivity contribution in [1.82, 2.24) is 14.1 Å². The van der Waals surface area contributed by atoms with Gasteiger partial charge < -0.3 is 9.13 Å². The highest BCUT2D eigenvalue weighted by Crippen LogP contribution is 2.35. The molecule has 8 rings (SSSR count). The highest BCUT2D eigenvalue weighted by molar-refractivity contribution is 6.10. The van der Waals surface area contributed by atoms with E-state index in [0.717, 1.165) is 44.7 Å². The molecule has 40 heavy (non-hydrogen) atoms. The number of hydrogen-bond acceptors (Lipinski definition) is 2. The average Bonchev–Trinajstić information content (AvgIpc) is 3.54. The summed E-state index contributed by atoms with van der Waals surface area (Å²) in [5.41, 5.74) is 8.70. The minimum atomic E-state index is 0.605. The Morgan fingerprint density at radius 3 is 1.55 bits per heavy atom. The first-order chi connectivity index (χ1) is 19.8. The third-order valence-electron chi connectivity index (χ3n) is 7.82. The van der Waals surface area contributed by atoms with Gasteiger partial charge in [-0.15, -0.1) is 0 Å². The molecule has 0 N–H and O–H groups in total. The lowest BCUT2D eigenvalue weighted by Gasteiger charge is -2.13. The van der Waals surface area contributed by atoms with E-state index in [-0.39, 0.29) is 0 Å². The van der Waals surface area contributed by atoms with E-state index >= 15 is 0 Å². The van der Waals surface area contributed by atoms with Crippen LogP contribution in [0.2, 0.25) is 0 Å². The number of pyridine rings is 1. The van der Waals surface area contributed by atoms with Crippen LogP contribution in [0.5, 0.6) is 0 Å². The molecule has 0 spiro atoms. The predicted molar refractivity (Wildman–Crippen MR) is 163 cm³/mol. The number of para-hydroxylation sites is 4. The van der Waals surface area contributed by atoms with Crippen LogP contribution < -0.4 is 0 Å². The molecule has 4 nitrogen and oxygen atoms in total. The topological polar surface area (TPSA) is 46.5 Å². The molecule has 0 fully saturated rings. The van der Waals surface area contributed by atoms with Crippen LogP contribution in [0.15, 0.2) is 134 Å². The molecule has 186 valence electrons. The normalized spacial score (nSPS) is 11.5. The zero-order valence-corrected chi connectivity index (χ0v) is 21.5. The van der Waals surface area contributed by atoms with E-state index in [1.165, 1.54) is 21.5 Å². The van der Waals surface area contributed by atoms with Crippen LogP contribution in [0.25, 0.3) is 66.2 Å². The number of nitrogens with zero attached hydrogens (tertiary/aromatic N) is 4. The summed E-state index contributed by atoms with van der Waals surface area (Å²) in [6, 6.07) is 46.3. The standard InChI is InChI=1S/C36H22N4/c37-23-25-21-24(17-18-32(25)40-35-15-7-3-11-29(35)30-12-4-8-16-36(30)40)31-22-26(19-20-38-31)39-33-13-5-1-9-27(33)28-10-2-6-14-34(28)39/h1-22H. The van der Waals surface area contributed by atoms with Crippen LogP contribution in [0.1, 0.15) is 5.56 Å². The number of benzene rings is 5. The fourth-order valence-electron chi connectivity index (χ4n) is 6.08. The Hall–Kier alpha value is -5.66. The lowest BCUT2D eigenvalue weighted by Crippen LogP contribution is -1.99. The Morgan fingerprint density at radius 1 is 0.525 bits per heavy atom. The van der Waals surface area contributed by atoms with Gasteiger partial charge in [-0.3, -0.25) is 4.98 Å². The summed E-state index contributed by atoms with van der Waals surface area (Å²) in [5, 5.41) is 15.1. The van der Waals surface area contributed by atoms with Crippen LogP contribution in [-0.4, -0.2) is 14.1 Å². The zero-order chi connectivity index (χ0) is 26.6. The molecule has 0 aliphatic rings. The summed E-state index contributed by atoms with van der Waals surface area (Å²) in [4.78, 5) is 4.72. The fraction of sp³-hybridized carbons (Fsp3) is 0. The molecule has 0 saturated carbocycles. The van der Waals surface area contributed by atoms with Gasteiger partial charge >= 0.3 is 0 Å². The smallest absolute Gasteiger partial charge is 0.101 e. The third kappa shape index (κ3) is 3.22. The van der Waals surface area contributed by atoms with E-state index in [2.05, 4.69) is 112 Å². The number of fused-ring (bicyclic) bond motifs is 6. The molecular formula is C36H22N4. The van der Waals surface area contributed by atoms with E-state index < -0.39 is 0 Å². The van der Waals surface area contributed by atoms with Crippen molar-refractivity contribution in [2.75, 3.05) is 0 Å². The van der Waals surface area contributed by atoms with Crippen molar-refractivity contribution in [3.8, 4) is 28.7 Å². The number of hydrogen-bond donors (Lipinski definition) is 0. The van der Waals surface area contributed by atoms with Crippen molar-refractivity contribution in [2.45, 2.75) is 0 Å². The Bertz CT molecular complexity index is 2190. The fourth-order valence-corrected chi connectivity index (χ4v) is 6.08. The molecule has 0 saturated heterocycles. The molecule has 0 bridgehead atoms. The molecule has 0 atom stereocenters. The van der Waals surface area contributed by atoms with Crippen molar-refractivity contribution >= 4 is 43.6 Å². The molecule has 3 heterocycles. The van der Waals surface area contributed by atoms with Crippen molar-refractivity contribution in [1.29, 1.82) is 5.26 Å². The number of rotatable bonds is 3. The molecule has 0 aliphatic carbocycles. The largest absolute Gasteiger partial charge is 0.309 e. The number of aromatic nitrogens is 3. The van der Waals surface area contributed by atoms with Crippen LogP contribution in [0, 0.1) is 11.3 Å². The van der Waals surface area contributed by atoms with Crippen molar-refractivity contribution in [3.63, 3.8) is 0 Å². The molecular weight excluding hydrogens is 488 g/mol. The molecule has 3 aromatic heterocycles. The Balaban J connectivity index is 1.30. The van der Waals surface area contributed by atoms with Gasteiger partial charge in [0.05, 0.1) is 39.0 Å². The van der Waals surface area contributed by atoms with Gasteiger partial charge in [-0.05, 0) is 48.5 Å². The minimum absolute atomic E-state index is 0.605. The van der Waals surface area contributed by atoms with E-state index in [4.69, 9.17) is 4.98 Å². The first kappa shape index (κ1) is 22.3. The Labute approximate surface area is 230 Å². The molecule has 8 aromatic rings. The second-order valence-electron chi connectivity index (χ2n) is 9.98. The van der Waals surface area contributed by atoms with Crippen LogP contribution >= 0.6 is 0 Å². The summed E-state index contributed by atoms with van der Waals surface area (Å²) in [6.45, 7) is 0. The Kier molecular flexibility index (Phi) is 4.85. The summed E-state index contributed by atoms with van der Waals surface area (Å²) < 4.78 is 4.47. The van der Waals surface area contributed by atoms with Crippen molar-refractivity contribution < 1.29 is 0 Å². The lowest BCUT2D eigenvalue weighted by molar-refractivity contribution is 1.15. The van der Waals surface area contributed by atoms with Crippen LogP contribution in [0.3, 0.4) is 0 Å². The van der Waals surface area contributed by atoms with Gasteiger partial charge in [0.1, 0.15) is 6.07 Å². The highest BCUT2D eigenvalue weighted by Gasteiger charge is 2.16. The van der Waals surface area contributed by atoms with Gasteiger partial charge in [0.25, 0.3) is 0 Å². The molecule has 4 heteroatoms. The van der Waals surface area contributed by atoms with Gasteiger partial charge in [0, 0.05) is 39.0 Å². The second kappa shape index (κ2) is 8.69. The Morgan fingerprint density at radius 2 is 1.02 bits per heavy atom. The maximum atomic E-state index is 10.3. The predicted octanol–water partition coefficient (Wildman–Crippen LogP) is 8.81. The van der Waals surface area contributed by atoms with Gasteiger partial charge in [-0.1, -0.05) is 78.9 Å². The van der Waals surface area contributed by atoms with Crippen LogP contribution in [-0.2, 0) is 0 Å². The molecule has 5 aromatic carbocycles. The average molecular weight is 511 g/mol. The number of nitriles is 1. The van der Waals surface area contributed by atoms with Gasteiger partial charge in [0.15, 0.2) is 0 Å². The van der Waals surface area contributed by atoms with Crippen LogP contribution in [0.4, 0.5) is 0 Å². The summed E-state index contributed by atoms with van der Waals surface area (Å²) in [5.74, 6) is 0. The molecule has 0 amide bonds. The second-order valence-corrected chi connectivity index (χ2v) is 9.98.